The number of hydrogen-bond acceptors (Lipinski definition) is 3. The van der Waals surface area contributed by atoms with Gasteiger partial charge in [0.15, 0.2) is 5.96 Å². The molecule has 5 nitrogen and oxygen atoms in total. The predicted octanol–water partition coefficient (Wildman–Crippen LogP) is 4.05. The summed E-state index contributed by atoms with van der Waals surface area (Å²) >= 11 is 0. The lowest BCUT2D eigenvalue weighted by Gasteiger charge is -2.35. The third-order valence-electron chi connectivity index (χ3n) is 5.65. The van der Waals surface area contributed by atoms with Gasteiger partial charge in [0.25, 0.3) is 0 Å². The number of hydrogen-bond donors (Lipinski definition) is 3. The SMILES string of the molecule is CCNC(=NCC1(CCO)CCCCC1)NCCc1ccc(C)c(OC)c1.I. The number of aliphatic imine (C=N–C) groups is 1. The van der Waals surface area contributed by atoms with E-state index in [4.69, 9.17) is 9.73 Å². The Hall–Kier alpha value is -1.02. The highest BCUT2D eigenvalue weighted by atomic mass is 127. The number of methoxy groups -OCH3 is 1. The molecule has 28 heavy (non-hydrogen) atoms. The van der Waals surface area contributed by atoms with E-state index in [9.17, 15) is 5.11 Å². The van der Waals surface area contributed by atoms with Gasteiger partial charge in [-0.15, -0.1) is 24.0 Å². The normalized spacial score (nSPS) is 16.2. The largest absolute Gasteiger partial charge is 0.496 e. The third kappa shape index (κ3) is 7.78. The first-order valence-electron chi connectivity index (χ1n) is 10.4. The number of guanidine groups is 1. The second-order valence-electron chi connectivity index (χ2n) is 7.71. The van der Waals surface area contributed by atoms with Crippen molar-refractivity contribution in [3.63, 3.8) is 0 Å². The van der Waals surface area contributed by atoms with Gasteiger partial charge < -0.3 is 20.5 Å². The van der Waals surface area contributed by atoms with Crippen molar-refractivity contribution in [2.24, 2.45) is 10.4 Å². The Kier molecular flexibility index (Phi) is 11.8. The summed E-state index contributed by atoms with van der Waals surface area (Å²) in [5, 5.41) is 16.3. The number of aliphatic hydroxyl groups is 1. The zero-order chi connectivity index (χ0) is 19.5. The summed E-state index contributed by atoms with van der Waals surface area (Å²) in [6.45, 7) is 6.87. The van der Waals surface area contributed by atoms with Gasteiger partial charge >= 0.3 is 0 Å². The lowest BCUT2D eigenvalue weighted by molar-refractivity contribution is 0.137. The molecule has 1 aliphatic carbocycles. The Balaban J connectivity index is 0.00000392. The minimum Gasteiger partial charge on any atom is -0.496 e. The first-order chi connectivity index (χ1) is 13.1. The maximum absolute atomic E-state index is 9.49. The van der Waals surface area contributed by atoms with Crippen LogP contribution in [0, 0.1) is 12.3 Å². The van der Waals surface area contributed by atoms with Crippen LogP contribution in [0.1, 0.15) is 56.6 Å². The molecule has 6 heteroatoms. The van der Waals surface area contributed by atoms with Gasteiger partial charge in [0.1, 0.15) is 5.75 Å². The summed E-state index contributed by atoms with van der Waals surface area (Å²) in [4.78, 5) is 4.87. The molecule has 1 aliphatic rings. The topological polar surface area (TPSA) is 65.9 Å². The highest BCUT2D eigenvalue weighted by Gasteiger charge is 2.31. The Morgan fingerprint density at radius 2 is 1.96 bits per heavy atom. The summed E-state index contributed by atoms with van der Waals surface area (Å²) in [6, 6.07) is 6.37. The van der Waals surface area contributed by atoms with Crippen LogP contribution < -0.4 is 15.4 Å². The van der Waals surface area contributed by atoms with Crippen molar-refractivity contribution in [3.8, 4) is 5.75 Å². The van der Waals surface area contributed by atoms with Crippen molar-refractivity contribution in [3.05, 3.63) is 29.3 Å². The van der Waals surface area contributed by atoms with Gasteiger partial charge in [0.2, 0.25) is 0 Å². The second kappa shape index (κ2) is 13.2. The number of ether oxygens (including phenoxy) is 1. The van der Waals surface area contributed by atoms with E-state index >= 15 is 0 Å². The summed E-state index contributed by atoms with van der Waals surface area (Å²) in [5.74, 6) is 1.82. The standard InChI is InChI=1S/C22H37N3O2.HI/c1-4-23-21(25-17-22(13-15-26)11-6-5-7-12-22)24-14-10-19-9-8-18(2)20(16-19)27-3;/h8-9,16,26H,4-7,10-15,17H2,1-3H3,(H2,23,24,25);1H. The lowest BCUT2D eigenvalue weighted by Crippen LogP contribution is -2.40. The molecule has 1 saturated carbocycles. The molecule has 1 fully saturated rings. The molecule has 0 heterocycles. The highest BCUT2D eigenvalue weighted by Crippen LogP contribution is 2.39. The predicted molar refractivity (Wildman–Crippen MR) is 128 cm³/mol. The van der Waals surface area contributed by atoms with Crippen LogP contribution in [0.3, 0.4) is 0 Å². The summed E-state index contributed by atoms with van der Waals surface area (Å²) in [6.07, 6.45) is 7.97. The molecule has 0 unspecified atom stereocenters. The minimum absolute atomic E-state index is 0. The fourth-order valence-corrected chi connectivity index (χ4v) is 3.96. The van der Waals surface area contributed by atoms with Crippen molar-refractivity contribution in [2.45, 2.75) is 58.8 Å². The van der Waals surface area contributed by atoms with Crippen LogP contribution >= 0.6 is 24.0 Å². The van der Waals surface area contributed by atoms with Gasteiger partial charge in [-0.05, 0) is 62.1 Å². The molecule has 0 atom stereocenters. The van der Waals surface area contributed by atoms with Gasteiger partial charge in [-0.3, -0.25) is 4.99 Å². The number of aryl methyl sites for hydroxylation is 1. The van der Waals surface area contributed by atoms with E-state index in [1.165, 1.54) is 37.7 Å². The van der Waals surface area contributed by atoms with Gasteiger partial charge in [0.05, 0.1) is 7.11 Å². The zero-order valence-electron chi connectivity index (χ0n) is 17.7. The van der Waals surface area contributed by atoms with Crippen LogP contribution in [-0.2, 0) is 6.42 Å². The molecule has 0 amide bonds. The molecule has 0 aliphatic heterocycles. The molecular weight excluding hydrogens is 465 g/mol. The summed E-state index contributed by atoms with van der Waals surface area (Å²) < 4.78 is 5.41. The van der Waals surface area contributed by atoms with Gasteiger partial charge in [-0.1, -0.05) is 31.4 Å². The van der Waals surface area contributed by atoms with E-state index in [0.717, 1.165) is 49.7 Å². The van der Waals surface area contributed by atoms with Crippen LogP contribution in [0.15, 0.2) is 23.2 Å². The van der Waals surface area contributed by atoms with Crippen LogP contribution in [-0.4, -0.2) is 44.4 Å². The molecule has 0 spiro atoms. The fourth-order valence-electron chi connectivity index (χ4n) is 3.96. The monoisotopic (exact) mass is 503 g/mol. The number of benzene rings is 1. The Morgan fingerprint density at radius 1 is 1.21 bits per heavy atom. The smallest absolute Gasteiger partial charge is 0.191 e. The maximum atomic E-state index is 9.49. The number of nitrogens with zero attached hydrogens (tertiary/aromatic N) is 1. The third-order valence-corrected chi connectivity index (χ3v) is 5.65. The maximum Gasteiger partial charge on any atom is 0.191 e. The number of nitrogens with one attached hydrogen (secondary N) is 2. The van der Waals surface area contributed by atoms with E-state index in [0.29, 0.717) is 0 Å². The molecule has 0 radical (unpaired) electrons. The average Bonchev–Trinajstić information content (AvgIpc) is 2.68. The van der Waals surface area contributed by atoms with E-state index in [1.807, 2.05) is 0 Å². The molecule has 0 aromatic heterocycles. The summed E-state index contributed by atoms with van der Waals surface area (Å²) in [5.41, 5.74) is 2.59. The quantitative estimate of drug-likeness (QED) is 0.270. The molecule has 0 saturated heterocycles. The lowest BCUT2D eigenvalue weighted by atomic mass is 9.72. The van der Waals surface area contributed by atoms with Crippen molar-refractivity contribution in [1.29, 1.82) is 0 Å². The van der Waals surface area contributed by atoms with Crippen LogP contribution in [0.25, 0.3) is 0 Å². The number of halogens is 1. The molecular formula is C22H38IN3O2. The molecule has 1 aromatic carbocycles. The van der Waals surface area contributed by atoms with Gasteiger partial charge in [-0.2, -0.15) is 0 Å². The van der Waals surface area contributed by atoms with E-state index in [1.54, 1.807) is 7.11 Å². The van der Waals surface area contributed by atoms with E-state index < -0.39 is 0 Å². The van der Waals surface area contributed by atoms with Crippen molar-refractivity contribution in [1.82, 2.24) is 10.6 Å². The van der Waals surface area contributed by atoms with Crippen LogP contribution in [0.5, 0.6) is 5.75 Å². The Bertz CT molecular complexity index is 596. The van der Waals surface area contributed by atoms with E-state index in [2.05, 4.69) is 42.7 Å². The highest BCUT2D eigenvalue weighted by molar-refractivity contribution is 14.0. The molecule has 2 rings (SSSR count). The van der Waals surface area contributed by atoms with Crippen molar-refractivity contribution in [2.75, 3.05) is 33.4 Å². The van der Waals surface area contributed by atoms with Gasteiger partial charge in [-0.25, -0.2) is 0 Å². The first-order valence-corrected chi connectivity index (χ1v) is 10.4. The van der Waals surface area contributed by atoms with Crippen molar-refractivity contribution >= 4 is 29.9 Å². The molecule has 160 valence electrons. The second-order valence-corrected chi connectivity index (χ2v) is 7.71. The fraction of sp³-hybridized carbons (Fsp3) is 0.682. The number of rotatable bonds is 9. The number of aliphatic hydroxyl groups excluding tert-OH is 1. The molecule has 0 bridgehead atoms. The molecule has 3 N–H and O–H groups in total. The van der Waals surface area contributed by atoms with Crippen LogP contribution in [0.2, 0.25) is 0 Å². The first kappa shape index (κ1) is 25.0. The van der Waals surface area contributed by atoms with Gasteiger partial charge in [0, 0.05) is 26.2 Å². The average molecular weight is 503 g/mol. The zero-order valence-corrected chi connectivity index (χ0v) is 20.1. The van der Waals surface area contributed by atoms with Crippen LogP contribution in [0.4, 0.5) is 0 Å². The Labute approximate surface area is 187 Å². The molecule has 1 aromatic rings. The summed E-state index contributed by atoms with van der Waals surface area (Å²) in [7, 11) is 1.72. The van der Waals surface area contributed by atoms with E-state index in [-0.39, 0.29) is 36.0 Å². The Morgan fingerprint density at radius 3 is 2.61 bits per heavy atom. The minimum atomic E-state index is 0. The van der Waals surface area contributed by atoms with Crippen molar-refractivity contribution < 1.29 is 9.84 Å².